The molecule has 0 aromatic heterocycles. The Kier molecular flexibility index (Phi) is 2.67. The summed E-state index contributed by atoms with van der Waals surface area (Å²) in [6.45, 7) is 2.91. The lowest BCUT2D eigenvalue weighted by molar-refractivity contribution is 0.0225. The Labute approximate surface area is 89.8 Å². The summed E-state index contributed by atoms with van der Waals surface area (Å²) in [5.74, 6) is 0.237. The Balaban J connectivity index is 2.32. The topological polar surface area (TPSA) is 52.5 Å². The standard InChI is InChI=1S/C12H17NO2/c1-2-11-12(15,7-8-13-11)9-3-5-10(14)6-4-9/h3-6,11,13-15H,2,7-8H2,1H3. The summed E-state index contributed by atoms with van der Waals surface area (Å²) in [5, 5.41) is 23.1. The first-order chi connectivity index (χ1) is 7.16. The van der Waals surface area contributed by atoms with E-state index in [9.17, 15) is 10.2 Å². The van der Waals surface area contributed by atoms with E-state index in [-0.39, 0.29) is 11.8 Å². The molecule has 3 N–H and O–H groups in total. The molecule has 15 heavy (non-hydrogen) atoms. The molecule has 0 saturated carbocycles. The number of hydrogen-bond donors (Lipinski definition) is 3. The maximum atomic E-state index is 10.6. The average molecular weight is 207 g/mol. The van der Waals surface area contributed by atoms with E-state index in [2.05, 4.69) is 12.2 Å². The average Bonchev–Trinajstić information content (AvgIpc) is 2.61. The summed E-state index contributed by atoms with van der Waals surface area (Å²) in [5.41, 5.74) is 0.111. The molecule has 2 atom stereocenters. The first kappa shape index (κ1) is 10.5. The number of phenolic OH excluding ortho intramolecular Hbond substituents is 1. The van der Waals surface area contributed by atoms with Crippen molar-refractivity contribution in [1.82, 2.24) is 5.32 Å². The van der Waals surface area contributed by atoms with Crippen molar-refractivity contribution in [3.05, 3.63) is 29.8 Å². The molecule has 1 aromatic rings. The highest BCUT2D eigenvalue weighted by molar-refractivity contribution is 5.32. The van der Waals surface area contributed by atoms with Gasteiger partial charge in [0.1, 0.15) is 11.4 Å². The van der Waals surface area contributed by atoms with Crippen LogP contribution in [0.15, 0.2) is 24.3 Å². The van der Waals surface area contributed by atoms with Crippen LogP contribution >= 0.6 is 0 Å². The zero-order valence-electron chi connectivity index (χ0n) is 8.90. The molecule has 1 fully saturated rings. The van der Waals surface area contributed by atoms with Crippen LogP contribution in [0, 0.1) is 0 Å². The number of benzene rings is 1. The van der Waals surface area contributed by atoms with E-state index in [1.807, 2.05) is 0 Å². The fraction of sp³-hybridized carbons (Fsp3) is 0.500. The molecule has 0 radical (unpaired) electrons. The van der Waals surface area contributed by atoms with Crippen LogP contribution in [0.4, 0.5) is 0 Å². The van der Waals surface area contributed by atoms with Crippen LogP contribution in [0.25, 0.3) is 0 Å². The monoisotopic (exact) mass is 207 g/mol. The molecule has 2 rings (SSSR count). The predicted molar refractivity (Wildman–Crippen MR) is 58.7 cm³/mol. The number of rotatable bonds is 2. The van der Waals surface area contributed by atoms with Gasteiger partial charge < -0.3 is 15.5 Å². The van der Waals surface area contributed by atoms with Crippen LogP contribution in [0.5, 0.6) is 5.75 Å². The highest BCUT2D eigenvalue weighted by Crippen LogP contribution is 2.34. The molecule has 3 heteroatoms. The van der Waals surface area contributed by atoms with Crippen molar-refractivity contribution < 1.29 is 10.2 Å². The molecule has 3 nitrogen and oxygen atoms in total. The molecule has 1 aliphatic heterocycles. The lowest BCUT2D eigenvalue weighted by atomic mass is 9.85. The van der Waals surface area contributed by atoms with Crippen LogP contribution in [-0.2, 0) is 5.60 Å². The van der Waals surface area contributed by atoms with Crippen LogP contribution < -0.4 is 5.32 Å². The minimum absolute atomic E-state index is 0.113. The maximum Gasteiger partial charge on any atom is 0.115 e. The number of hydrogen-bond acceptors (Lipinski definition) is 3. The summed E-state index contributed by atoms with van der Waals surface area (Å²) in [6, 6.07) is 6.95. The second-order valence-corrected chi connectivity index (χ2v) is 4.14. The van der Waals surface area contributed by atoms with Gasteiger partial charge in [0.2, 0.25) is 0 Å². The molecule has 0 bridgehead atoms. The van der Waals surface area contributed by atoms with Gasteiger partial charge in [-0.15, -0.1) is 0 Å². The van der Waals surface area contributed by atoms with E-state index >= 15 is 0 Å². The van der Waals surface area contributed by atoms with Crippen LogP contribution in [-0.4, -0.2) is 22.8 Å². The third kappa shape index (κ3) is 1.73. The van der Waals surface area contributed by atoms with Gasteiger partial charge in [-0.25, -0.2) is 0 Å². The number of phenols is 1. The molecule has 1 aliphatic rings. The highest BCUT2D eigenvalue weighted by atomic mass is 16.3. The van der Waals surface area contributed by atoms with Crippen LogP contribution in [0.3, 0.4) is 0 Å². The quantitative estimate of drug-likeness (QED) is 0.686. The van der Waals surface area contributed by atoms with Gasteiger partial charge in [-0.05, 0) is 37.1 Å². The molecular weight excluding hydrogens is 190 g/mol. The Morgan fingerprint density at radius 1 is 1.40 bits per heavy atom. The van der Waals surface area contributed by atoms with Crippen LogP contribution in [0.2, 0.25) is 0 Å². The summed E-state index contributed by atoms with van der Waals surface area (Å²) in [7, 11) is 0. The van der Waals surface area contributed by atoms with Crippen molar-refractivity contribution in [2.75, 3.05) is 6.54 Å². The summed E-state index contributed by atoms with van der Waals surface area (Å²) < 4.78 is 0. The second kappa shape index (κ2) is 3.83. The van der Waals surface area contributed by atoms with E-state index in [1.54, 1.807) is 24.3 Å². The Morgan fingerprint density at radius 3 is 2.67 bits per heavy atom. The SMILES string of the molecule is CCC1NCCC1(O)c1ccc(O)cc1. The van der Waals surface area contributed by atoms with Gasteiger partial charge in [-0.1, -0.05) is 19.1 Å². The number of nitrogens with one attached hydrogen (secondary N) is 1. The Hall–Kier alpha value is -1.06. The van der Waals surface area contributed by atoms with Crippen molar-refractivity contribution in [3.63, 3.8) is 0 Å². The van der Waals surface area contributed by atoms with Gasteiger partial charge in [-0.3, -0.25) is 0 Å². The van der Waals surface area contributed by atoms with Gasteiger partial charge >= 0.3 is 0 Å². The van der Waals surface area contributed by atoms with Crippen molar-refractivity contribution in [1.29, 1.82) is 0 Å². The fourth-order valence-corrected chi connectivity index (χ4v) is 2.36. The minimum atomic E-state index is -0.775. The zero-order valence-corrected chi connectivity index (χ0v) is 8.90. The van der Waals surface area contributed by atoms with E-state index in [0.717, 1.165) is 24.9 Å². The predicted octanol–water partition coefficient (Wildman–Crippen LogP) is 1.35. The van der Waals surface area contributed by atoms with Crippen molar-refractivity contribution in [2.24, 2.45) is 0 Å². The normalized spacial score (nSPS) is 30.7. The van der Waals surface area contributed by atoms with Gasteiger partial charge in [0, 0.05) is 6.04 Å². The van der Waals surface area contributed by atoms with Crippen LogP contribution in [0.1, 0.15) is 25.3 Å². The third-order valence-corrected chi connectivity index (χ3v) is 3.25. The van der Waals surface area contributed by atoms with Gasteiger partial charge in [0.15, 0.2) is 0 Å². The first-order valence-electron chi connectivity index (χ1n) is 5.42. The molecule has 1 heterocycles. The molecule has 0 spiro atoms. The smallest absolute Gasteiger partial charge is 0.115 e. The van der Waals surface area contributed by atoms with E-state index in [0.29, 0.717) is 0 Å². The zero-order chi connectivity index (χ0) is 10.9. The van der Waals surface area contributed by atoms with Gasteiger partial charge in [-0.2, -0.15) is 0 Å². The third-order valence-electron chi connectivity index (χ3n) is 3.25. The summed E-state index contributed by atoms with van der Waals surface area (Å²) in [4.78, 5) is 0. The molecule has 0 aliphatic carbocycles. The highest BCUT2D eigenvalue weighted by Gasteiger charge is 2.41. The minimum Gasteiger partial charge on any atom is -0.508 e. The van der Waals surface area contributed by atoms with E-state index in [4.69, 9.17) is 0 Å². The molecule has 1 saturated heterocycles. The summed E-state index contributed by atoms with van der Waals surface area (Å²) >= 11 is 0. The molecule has 82 valence electrons. The van der Waals surface area contributed by atoms with E-state index in [1.165, 1.54) is 0 Å². The molecule has 2 unspecified atom stereocenters. The van der Waals surface area contributed by atoms with Gasteiger partial charge in [0.25, 0.3) is 0 Å². The number of aromatic hydroxyl groups is 1. The van der Waals surface area contributed by atoms with Gasteiger partial charge in [0.05, 0.1) is 0 Å². The lowest BCUT2D eigenvalue weighted by Gasteiger charge is -2.29. The Bertz CT molecular complexity index is 336. The molecule has 1 aromatic carbocycles. The van der Waals surface area contributed by atoms with E-state index < -0.39 is 5.60 Å². The fourth-order valence-electron chi connectivity index (χ4n) is 2.36. The molecule has 0 amide bonds. The first-order valence-corrected chi connectivity index (χ1v) is 5.42. The number of aliphatic hydroxyl groups is 1. The molecular formula is C12H17NO2. The van der Waals surface area contributed by atoms with Crippen molar-refractivity contribution >= 4 is 0 Å². The lowest BCUT2D eigenvalue weighted by Crippen LogP contribution is -2.39. The summed E-state index contributed by atoms with van der Waals surface area (Å²) in [6.07, 6.45) is 1.63. The largest absolute Gasteiger partial charge is 0.508 e. The second-order valence-electron chi connectivity index (χ2n) is 4.14. The van der Waals surface area contributed by atoms with Crippen molar-refractivity contribution in [3.8, 4) is 5.75 Å². The van der Waals surface area contributed by atoms with Crippen molar-refractivity contribution in [2.45, 2.75) is 31.4 Å². The maximum absolute atomic E-state index is 10.6. The Morgan fingerprint density at radius 2 is 2.07 bits per heavy atom.